The average molecular weight is 387 g/mol. The van der Waals surface area contributed by atoms with Crippen LogP contribution in [0.3, 0.4) is 0 Å². The molecule has 3 heterocycles. The number of halogens is 1. The summed E-state index contributed by atoms with van der Waals surface area (Å²) < 4.78 is 8.13. The highest BCUT2D eigenvalue weighted by molar-refractivity contribution is 6.31. The monoisotopic (exact) mass is 386 g/mol. The number of ether oxygens (including phenoxy) is 1. The number of esters is 1. The topological polar surface area (TPSA) is 78.5 Å². The minimum atomic E-state index is -0.442. The fourth-order valence-electron chi connectivity index (χ4n) is 3.66. The summed E-state index contributed by atoms with van der Waals surface area (Å²) in [6.07, 6.45) is 4.95. The molecular weight excluding hydrogens is 368 g/mol. The molecule has 0 aliphatic heterocycles. The number of rotatable bonds is 3. The summed E-state index contributed by atoms with van der Waals surface area (Å²) in [7, 11) is 0. The molecule has 3 aromatic heterocycles. The average Bonchev–Trinajstić information content (AvgIpc) is 3.06. The molecule has 0 amide bonds. The van der Waals surface area contributed by atoms with E-state index in [1.54, 1.807) is 12.4 Å². The van der Waals surface area contributed by atoms with Crippen LogP contribution in [-0.2, 0) is 29.0 Å². The molecule has 1 aliphatic carbocycles. The molecule has 27 heavy (non-hydrogen) atoms. The Balaban J connectivity index is 1.85. The molecule has 4 rings (SSSR count). The minimum absolute atomic E-state index is 0.0810. The van der Waals surface area contributed by atoms with Gasteiger partial charge >= 0.3 is 5.97 Å². The third-order valence-corrected chi connectivity index (χ3v) is 5.19. The van der Waals surface area contributed by atoms with Gasteiger partial charge < -0.3 is 4.74 Å². The SMILES string of the molecule is CC(=O)OCc1c(Cl)ccnc1-n1ncn2c3c(cc2c1=O)CC(C)(C)C3. The second kappa shape index (κ2) is 6.20. The van der Waals surface area contributed by atoms with E-state index in [1.165, 1.54) is 23.4 Å². The van der Waals surface area contributed by atoms with Crippen molar-refractivity contribution in [2.45, 2.75) is 40.2 Å². The lowest BCUT2D eigenvalue weighted by molar-refractivity contribution is -0.142. The first kappa shape index (κ1) is 17.7. The number of pyridine rings is 1. The number of aromatic nitrogens is 4. The van der Waals surface area contributed by atoms with Gasteiger partial charge in [-0.3, -0.25) is 14.0 Å². The summed E-state index contributed by atoms with van der Waals surface area (Å²) in [5, 5.41) is 4.66. The highest BCUT2D eigenvalue weighted by Gasteiger charge is 2.32. The zero-order chi connectivity index (χ0) is 19.3. The third kappa shape index (κ3) is 3.02. The lowest BCUT2D eigenvalue weighted by atomic mass is 9.90. The zero-order valence-electron chi connectivity index (χ0n) is 15.3. The summed E-state index contributed by atoms with van der Waals surface area (Å²) in [4.78, 5) is 28.5. The second-order valence-electron chi connectivity index (χ2n) is 7.61. The molecule has 1 aliphatic rings. The largest absolute Gasteiger partial charge is 0.461 e. The zero-order valence-corrected chi connectivity index (χ0v) is 16.1. The molecule has 0 radical (unpaired) electrons. The van der Waals surface area contributed by atoms with Gasteiger partial charge in [0, 0.05) is 18.8 Å². The number of carbonyl (C=O) groups is 1. The molecule has 3 aromatic rings. The van der Waals surface area contributed by atoms with Crippen molar-refractivity contribution in [3.63, 3.8) is 0 Å². The van der Waals surface area contributed by atoms with Gasteiger partial charge in [0.2, 0.25) is 0 Å². The van der Waals surface area contributed by atoms with E-state index in [4.69, 9.17) is 16.3 Å². The maximum atomic E-state index is 13.1. The Kier molecular flexibility index (Phi) is 4.07. The number of fused-ring (bicyclic) bond motifs is 3. The Hall–Kier alpha value is -2.67. The van der Waals surface area contributed by atoms with Gasteiger partial charge in [0.1, 0.15) is 18.5 Å². The molecule has 0 atom stereocenters. The third-order valence-electron chi connectivity index (χ3n) is 4.84. The molecule has 0 fully saturated rings. The van der Waals surface area contributed by atoms with Gasteiger partial charge in [-0.15, -0.1) is 0 Å². The van der Waals surface area contributed by atoms with E-state index in [9.17, 15) is 9.59 Å². The summed E-state index contributed by atoms with van der Waals surface area (Å²) in [6.45, 7) is 5.66. The van der Waals surface area contributed by atoms with Gasteiger partial charge in [0.25, 0.3) is 5.56 Å². The maximum Gasteiger partial charge on any atom is 0.302 e. The van der Waals surface area contributed by atoms with Crippen LogP contribution in [0.25, 0.3) is 11.3 Å². The van der Waals surface area contributed by atoms with Crippen molar-refractivity contribution in [3.8, 4) is 5.82 Å². The van der Waals surface area contributed by atoms with Gasteiger partial charge in [-0.05, 0) is 36.0 Å². The Morgan fingerprint density at radius 2 is 2.15 bits per heavy atom. The molecule has 0 bridgehead atoms. The maximum absolute atomic E-state index is 13.1. The lowest BCUT2D eigenvalue weighted by Crippen LogP contribution is -2.25. The fourth-order valence-corrected chi connectivity index (χ4v) is 3.86. The van der Waals surface area contributed by atoms with Crippen LogP contribution in [0.5, 0.6) is 0 Å². The number of nitrogens with zero attached hydrogens (tertiary/aromatic N) is 4. The van der Waals surface area contributed by atoms with Gasteiger partial charge in [0.15, 0.2) is 5.82 Å². The first-order valence-electron chi connectivity index (χ1n) is 8.65. The quantitative estimate of drug-likeness (QED) is 0.647. The van der Waals surface area contributed by atoms with E-state index < -0.39 is 5.97 Å². The van der Waals surface area contributed by atoms with Crippen LogP contribution in [0.1, 0.15) is 37.6 Å². The lowest BCUT2D eigenvalue weighted by Gasteiger charge is -2.16. The molecule has 0 N–H and O–H groups in total. The van der Waals surface area contributed by atoms with Crippen molar-refractivity contribution < 1.29 is 9.53 Å². The molecular formula is C19H19ClN4O3. The van der Waals surface area contributed by atoms with Gasteiger partial charge in [-0.2, -0.15) is 9.78 Å². The van der Waals surface area contributed by atoms with E-state index >= 15 is 0 Å². The van der Waals surface area contributed by atoms with Crippen LogP contribution in [-0.4, -0.2) is 25.1 Å². The van der Waals surface area contributed by atoms with Crippen molar-refractivity contribution in [2.75, 3.05) is 0 Å². The Bertz CT molecular complexity index is 1130. The van der Waals surface area contributed by atoms with Crippen molar-refractivity contribution in [3.05, 3.63) is 56.9 Å². The number of hydrogen-bond donors (Lipinski definition) is 0. The molecule has 0 saturated carbocycles. The van der Waals surface area contributed by atoms with E-state index in [0.29, 0.717) is 16.1 Å². The second-order valence-corrected chi connectivity index (χ2v) is 8.02. The molecule has 7 nitrogen and oxygen atoms in total. The smallest absolute Gasteiger partial charge is 0.302 e. The Labute approximate surface area is 160 Å². The number of hydrogen-bond acceptors (Lipinski definition) is 5. The van der Waals surface area contributed by atoms with Crippen LogP contribution < -0.4 is 5.56 Å². The highest BCUT2D eigenvalue weighted by Crippen LogP contribution is 2.37. The molecule has 8 heteroatoms. The molecule has 0 aromatic carbocycles. The molecule has 140 valence electrons. The first-order valence-corrected chi connectivity index (χ1v) is 9.03. The van der Waals surface area contributed by atoms with Crippen molar-refractivity contribution in [2.24, 2.45) is 5.41 Å². The normalized spacial score (nSPS) is 15.1. The number of carbonyl (C=O) groups excluding carboxylic acids is 1. The van der Waals surface area contributed by atoms with Crippen molar-refractivity contribution in [1.29, 1.82) is 0 Å². The predicted molar refractivity (Wildman–Crippen MR) is 100 cm³/mol. The summed E-state index contributed by atoms with van der Waals surface area (Å²) in [5.41, 5.74) is 3.19. The first-order chi connectivity index (χ1) is 12.8. The molecule has 0 spiro atoms. The van der Waals surface area contributed by atoms with Crippen LogP contribution in [0.15, 0.2) is 29.5 Å². The standard InChI is InChI=1S/C19H19ClN4O3/c1-11(25)27-9-13-14(20)4-5-21-17(13)24-18(26)15-6-12-7-19(2,3)8-16(12)23(15)10-22-24/h4-6,10H,7-9H2,1-3H3. The van der Waals surface area contributed by atoms with E-state index in [2.05, 4.69) is 23.9 Å². The molecule has 0 unspecified atom stereocenters. The fraction of sp³-hybridized carbons (Fsp3) is 0.368. The van der Waals surface area contributed by atoms with Crippen LogP contribution in [0.2, 0.25) is 5.02 Å². The Morgan fingerprint density at radius 1 is 1.37 bits per heavy atom. The van der Waals surface area contributed by atoms with E-state index in [-0.39, 0.29) is 23.4 Å². The van der Waals surface area contributed by atoms with Gasteiger partial charge in [-0.1, -0.05) is 25.4 Å². The predicted octanol–water partition coefficient (Wildman–Crippen LogP) is 2.72. The summed E-state index contributed by atoms with van der Waals surface area (Å²) >= 11 is 6.25. The van der Waals surface area contributed by atoms with Gasteiger partial charge in [0.05, 0.1) is 10.6 Å². The van der Waals surface area contributed by atoms with Crippen LogP contribution in [0.4, 0.5) is 0 Å². The van der Waals surface area contributed by atoms with Crippen molar-refractivity contribution >= 4 is 23.1 Å². The highest BCUT2D eigenvalue weighted by atomic mass is 35.5. The van der Waals surface area contributed by atoms with Crippen LogP contribution in [0, 0.1) is 5.41 Å². The van der Waals surface area contributed by atoms with Gasteiger partial charge in [-0.25, -0.2) is 4.98 Å². The van der Waals surface area contributed by atoms with E-state index in [0.717, 1.165) is 18.5 Å². The van der Waals surface area contributed by atoms with Crippen molar-refractivity contribution in [1.82, 2.24) is 19.2 Å². The summed E-state index contributed by atoms with van der Waals surface area (Å²) in [5.74, 6) is -0.180. The van der Waals surface area contributed by atoms with E-state index in [1.807, 2.05) is 10.5 Å². The Morgan fingerprint density at radius 3 is 2.89 bits per heavy atom. The summed E-state index contributed by atoms with van der Waals surface area (Å²) in [6, 6.07) is 3.52. The molecule has 0 saturated heterocycles. The van der Waals surface area contributed by atoms with Crippen LogP contribution >= 0.6 is 11.6 Å². The minimum Gasteiger partial charge on any atom is -0.461 e.